The van der Waals surface area contributed by atoms with Gasteiger partial charge in [-0.1, -0.05) is 12.1 Å². The SMILES string of the molecule is CCOC(=O)COc1cccc(-c2cc3c(-c4cnn(C5CCN(C(C)=O)CC5)c4)cnc(N)c3o2)c1. The van der Waals surface area contributed by atoms with Crippen LogP contribution >= 0.6 is 0 Å². The number of carbonyl (C=O) groups is 2. The fraction of sp³-hybridized carbons (Fsp3) is 0.333. The standard InChI is InChI=1S/C27H29N5O5/c1-3-35-25(34)16-36-21-6-4-5-18(11-21)24-12-22-23(14-29-27(28)26(22)37-24)19-13-30-32(15-19)20-7-9-31(10-8-20)17(2)33/h4-6,11-15,20H,3,7-10,16H2,1-2H3,(H2,28,29). The molecule has 1 aliphatic rings. The van der Waals surface area contributed by atoms with Crippen molar-refractivity contribution in [3.63, 3.8) is 0 Å². The molecule has 1 saturated heterocycles. The van der Waals surface area contributed by atoms with Gasteiger partial charge in [0.2, 0.25) is 5.91 Å². The van der Waals surface area contributed by atoms with Crippen LogP contribution in [0.1, 0.15) is 32.7 Å². The van der Waals surface area contributed by atoms with Gasteiger partial charge in [-0.3, -0.25) is 9.48 Å². The number of fused-ring (bicyclic) bond motifs is 1. The Morgan fingerprint density at radius 2 is 1.97 bits per heavy atom. The summed E-state index contributed by atoms with van der Waals surface area (Å²) < 4.78 is 18.6. The van der Waals surface area contributed by atoms with Gasteiger partial charge in [0, 0.05) is 54.5 Å². The van der Waals surface area contributed by atoms with Crippen LogP contribution in [0.3, 0.4) is 0 Å². The second-order valence-corrected chi connectivity index (χ2v) is 8.98. The van der Waals surface area contributed by atoms with Crippen molar-refractivity contribution in [1.82, 2.24) is 19.7 Å². The molecular weight excluding hydrogens is 474 g/mol. The van der Waals surface area contributed by atoms with Crippen LogP contribution in [0.15, 0.2) is 53.3 Å². The highest BCUT2D eigenvalue weighted by Gasteiger charge is 2.23. The van der Waals surface area contributed by atoms with Crippen LogP contribution in [0.25, 0.3) is 33.4 Å². The molecule has 37 heavy (non-hydrogen) atoms. The average Bonchev–Trinajstić information content (AvgIpc) is 3.57. The van der Waals surface area contributed by atoms with Crippen LogP contribution < -0.4 is 10.5 Å². The zero-order chi connectivity index (χ0) is 25.9. The number of nitrogens with zero attached hydrogens (tertiary/aromatic N) is 4. The van der Waals surface area contributed by atoms with E-state index in [2.05, 4.69) is 10.1 Å². The first-order valence-corrected chi connectivity index (χ1v) is 12.3. The Balaban J connectivity index is 1.40. The number of benzene rings is 1. The minimum Gasteiger partial charge on any atom is -0.482 e. The highest BCUT2D eigenvalue weighted by molar-refractivity contribution is 6.00. The van der Waals surface area contributed by atoms with Gasteiger partial charge in [-0.2, -0.15) is 5.10 Å². The zero-order valence-corrected chi connectivity index (χ0v) is 20.8. The molecule has 1 aromatic carbocycles. The zero-order valence-electron chi connectivity index (χ0n) is 20.8. The summed E-state index contributed by atoms with van der Waals surface area (Å²) in [4.78, 5) is 29.5. The molecule has 192 valence electrons. The maximum absolute atomic E-state index is 11.6. The monoisotopic (exact) mass is 503 g/mol. The van der Waals surface area contributed by atoms with Gasteiger partial charge in [-0.25, -0.2) is 9.78 Å². The normalized spacial score (nSPS) is 14.2. The van der Waals surface area contributed by atoms with Crippen LogP contribution in [-0.4, -0.2) is 57.8 Å². The molecule has 0 atom stereocenters. The van der Waals surface area contributed by atoms with Crippen LogP contribution in [-0.2, 0) is 14.3 Å². The number of nitrogen functional groups attached to an aromatic ring is 1. The number of rotatable bonds is 7. The largest absolute Gasteiger partial charge is 0.482 e. The van der Waals surface area contributed by atoms with Crippen molar-refractivity contribution in [1.29, 1.82) is 0 Å². The lowest BCUT2D eigenvalue weighted by molar-refractivity contribution is -0.145. The van der Waals surface area contributed by atoms with E-state index in [1.165, 1.54) is 0 Å². The molecule has 1 fully saturated rings. The molecule has 0 unspecified atom stereocenters. The van der Waals surface area contributed by atoms with E-state index in [9.17, 15) is 9.59 Å². The Morgan fingerprint density at radius 3 is 2.73 bits per heavy atom. The predicted octanol–water partition coefficient (Wildman–Crippen LogP) is 4.07. The van der Waals surface area contributed by atoms with E-state index in [4.69, 9.17) is 19.6 Å². The molecule has 5 rings (SSSR count). The van der Waals surface area contributed by atoms with Gasteiger partial charge in [0.05, 0.1) is 18.8 Å². The van der Waals surface area contributed by atoms with Crippen LogP contribution in [0, 0.1) is 0 Å². The summed E-state index contributed by atoms with van der Waals surface area (Å²) >= 11 is 0. The molecular formula is C27H29N5O5. The molecule has 0 aliphatic carbocycles. The summed E-state index contributed by atoms with van der Waals surface area (Å²) in [6, 6.07) is 9.44. The molecule has 4 aromatic rings. The third kappa shape index (κ3) is 5.13. The van der Waals surface area contributed by atoms with Crippen molar-refractivity contribution in [3.8, 4) is 28.2 Å². The molecule has 0 radical (unpaired) electrons. The van der Waals surface area contributed by atoms with Gasteiger partial charge in [0.25, 0.3) is 0 Å². The number of likely N-dealkylation sites (tertiary alicyclic amines) is 1. The summed E-state index contributed by atoms with van der Waals surface area (Å²) in [5, 5.41) is 5.43. The van der Waals surface area contributed by atoms with Gasteiger partial charge in [0.15, 0.2) is 18.0 Å². The number of pyridine rings is 1. The molecule has 4 heterocycles. The minimum atomic E-state index is -0.426. The van der Waals surface area contributed by atoms with E-state index in [0.717, 1.165) is 48.0 Å². The first kappa shape index (κ1) is 24.4. The number of esters is 1. The number of carbonyl (C=O) groups excluding carboxylic acids is 2. The quantitative estimate of drug-likeness (QED) is 0.374. The number of piperidine rings is 1. The Kier molecular flexibility index (Phi) is 6.80. The number of hydrogen-bond acceptors (Lipinski definition) is 8. The van der Waals surface area contributed by atoms with E-state index < -0.39 is 5.97 Å². The Hall–Kier alpha value is -4.34. The fourth-order valence-corrected chi connectivity index (χ4v) is 4.62. The van der Waals surface area contributed by atoms with E-state index in [1.807, 2.05) is 40.2 Å². The number of amides is 1. The molecule has 3 aromatic heterocycles. The molecule has 0 spiro atoms. The third-order valence-electron chi connectivity index (χ3n) is 6.56. The molecule has 2 N–H and O–H groups in total. The smallest absolute Gasteiger partial charge is 0.344 e. The first-order valence-electron chi connectivity index (χ1n) is 12.3. The number of nitrogens with two attached hydrogens (primary N) is 1. The van der Waals surface area contributed by atoms with Crippen LogP contribution in [0.5, 0.6) is 5.75 Å². The lowest BCUT2D eigenvalue weighted by Crippen LogP contribution is -2.37. The Labute approximate surface area is 214 Å². The minimum absolute atomic E-state index is 0.113. The lowest BCUT2D eigenvalue weighted by atomic mass is 10.0. The summed E-state index contributed by atoms with van der Waals surface area (Å²) in [6.07, 6.45) is 7.29. The second kappa shape index (κ2) is 10.3. The van der Waals surface area contributed by atoms with Gasteiger partial charge in [0.1, 0.15) is 11.5 Å². The molecule has 1 amide bonds. The van der Waals surface area contributed by atoms with Crippen molar-refractivity contribution >= 4 is 28.7 Å². The van der Waals surface area contributed by atoms with Gasteiger partial charge in [-0.05, 0) is 38.0 Å². The number of hydrogen-bond donors (Lipinski definition) is 1. The third-order valence-corrected chi connectivity index (χ3v) is 6.56. The maximum Gasteiger partial charge on any atom is 0.344 e. The topological polar surface area (TPSA) is 126 Å². The average molecular weight is 504 g/mol. The summed E-state index contributed by atoms with van der Waals surface area (Å²) in [5.74, 6) is 1.10. The second-order valence-electron chi connectivity index (χ2n) is 8.98. The summed E-state index contributed by atoms with van der Waals surface area (Å²) in [7, 11) is 0. The fourth-order valence-electron chi connectivity index (χ4n) is 4.62. The van der Waals surface area contributed by atoms with Crippen molar-refractivity contribution < 1.29 is 23.5 Å². The number of furan rings is 1. The van der Waals surface area contributed by atoms with E-state index in [-0.39, 0.29) is 18.6 Å². The first-order chi connectivity index (χ1) is 17.9. The van der Waals surface area contributed by atoms with Crippen molar-refractivity contribution in [3.05, 3.63) is 48.9 Å². The van der Waals surface area contributed by atoms with Crippen LogP contribution in [0.4, 0.5) is 5.82 Å². The van der Waals surface area contributed by atoms with Crippen molar-refractivity contribution in [2.24, 2.45) is 0 Å². The highest BCUT2D eigenvalue weighted by Crippen LogP contribution is 2.37. The molecule has 0 saturated carbocycles. The predicted molar refractivity (Wildman–Crippen MR) is 138 cm³/mol. The molecule has 1 aliphatic heterocycles. The van der Waals surface area contributed by atoms with Gasteiger partial charge >= 0.3 is 5.97 Å². The van der Waals surface area contributed by atoms with Gasteiger partial charge < -0.3 is 24.5 Å². The van der Waals surface area contributed by atoms with Crippen molar-refractivity contribution in [2.45, 2.75) is 32.7 Å². The van der Waals surface area contributed by atoms with E-state index in [0.29, 0.717) is 29.5 Å². The Morgan fingerprint density at radius 1 is 1.16 bits per heavy atom. The maximum atomic E-state index is 11.6. The van der Waals surface area contributed by atoms with Gasteiger partial charge in [-0.15, -0.1) is 0 Å². The summed E-state index contributed by atoms with van der Waals surface area (Å²) in [5.41, 5.74) is 9.20. The van der Waals surface area contributed by atoms with E-state index >= 15 is 0 Å². The van der Waals surface area contributed by atoms with Crippen molar-refractivity contribution in [2.75, 3.05) is 32.0 Å². The highest BCUT2D eigenvalue weighted by atomic mass is 16.6. The number of anilines is 1. The molecule has 10 heteroatoms. The summed E-state index contributed by atoms with van der Waals surface area (Å²) in [6.45, 7) is 4.96. The molecule has 0 bridgehead atoms. The lowest BCUT2D eigenvalue weighted by Gasteiger charge is -2.31. The Bertz CT molecular complexity index is 1430. The number of aromatic nitrogens is 3. The van der Waals surface area contributed by atoms with Crippen LogP contribution in [0.2, 0.25) is 0 Å². The molecule has 10 nitrogen and oxygen atoms in total. The van der Waals surface area contributed by atoms with E-state index in [1.54, 1.807) is 32.2 Å². The number of ether oxygens (including phenoxy) is 2.